The van der Waals surface area contributed by atoms with Gasteiger partial charge >= 0.3 is 0 Å². The van der Waals surface area contributed by atoms with Crippen molar-refractivity contribution >= 4 is 17.7 Å². The molecule has 9 nitrogen and oxygen atoms in total. The van der Waals surface area contributed by atoms with E-state index in [1.807, 2.05) is 5.43 Å². The summed E-state index contributed by atoms with van der Waals surface area (Å²) in [4.78, 5) is 37.7. The van der Waals surface area contributed by atoms with Crippen LogP contribution in [0.1, 0.15) is 35.1 Å². The van der Waals surface area contributed by atoms with Crippen molar-refractivity contribution in [1.82, 2.24) is 15.6 Å². The Morgan fingerprint density at radius 1 is 1.23 bits per heavy atom. The van der Waals surface area contributed by atoms with Crippen LogP contribution in [0.3, 0.4) is 0 Å². The average Bonchev–Trinajstić information content (AvgIpc) is 3.16. The number of amides is 3. The monoisotopic (exact) mass is 364 g/mol. The van der Waals surface area contributed by atoms with Crippen molar-refractivity contribution in [3.63, 3.8) is 0 Å². The van der Waals surface area contributed by atoms with Crippen LogP contribution in [-0.4, -0.2) is 56.0 Å². The van der Waals surface area contributed by atoms with Gasteiger partial charge in [-0.05, 0) is 25.0 Å². The zero-order valence-electron chi connectivity index (χ0n) is 14.9. The number of hydrogen-bond acceptors (Lipinski definition) is 6. The number of carbonyl (C=O) groups is 3. The summed E-state index contributed by atoms with van der Waals surface area (Å²) in [7, 11) is 3.07. The summed E-state index contributed by atoms with van der Waals surface area (Å²) < 4.78 is 10.4. The van der Waals surface area contributed by atoms with E-state index < -0.39 is 18.2 Å². The van der Waals surface area contributed by atoms with Crippen molar-refractivity contribution in [3.05, 3.63) is 35.4 Å². The lowest BCUT2D eigenvalue weighted by Gasteiger charge is -2.24. The van der Waals surface area contributed by atoms with E-state index in [4.69, 9.17) is 15.3 Å². The average molecular weight is 364 g/mol. The molecule has 1 aromatic carbocycles. The van der Waals surface area contributed by atoms with E-state index in [-0.39, 0.29) is 18.4 Å². The van der Waals surface area contributed by atoms with Crippen LogP contribution in [-0.2, 0) is 19.1 Å². The molecule has 9 heteroatoms. The molecule has 0 bridgehead atoms. The number of nitrogens with two attached hydrogens (primary N) is 1. The van der Waals surface area contributed by atoms with Crippen molar-refractivity contribution in [3.8, 4) is 0 Å². The molecule has 0 aliphatic carbocycles. The lowest BCUT2D eigenvalue weighted by atomic mass is 10.1. The molecule has 0 unspecified atom stereocenters. The summed E-state index contributed by atoms with van der Waals surface area (Å²) in [5, 5.41) is 2.49. The highest BCUT2D eigenvalue weighted by atomic mass is 16.7. The molecule has 3 amide bonds. The number of nitrogens with one attached hydrogen (secondary N) is 2. The molecule has 1 saturated heterocycles. The van der Waals surface area contributed by atoms with Crippen LogP contribution < -0.4 is 16.6 Å². The first-order chi connectivity index (χ1) is 12.5. The molecular formula is C17H24N4O5. The number of likely N-dealkylation sites (tertiary alicyclic amines) is 1. The van der Waals surface area contributed by atoms with Gasteiger partial charge in [-0.2, -0.15) is 0 Å². The van der Waals surface area contributed by atoms with Gasteiger partial charge in [0.25, 0.3) is 11.8 Å². The number of hydrogen-bond donors (Lipinski definition) is 3. The summed E-state index contributed by atoms with van der Waals surface area (Å²) in [5.41, 5.74) is 3.20. The van der Waals surface area contributed by atoms with Gasteiger partial charge in [-0.25, -0.2) is 5.84 Å². The Balaban J connectivity index is 2.05. The molecule has 1 fully saturated rings. The Hall–Kier alpha value is -2.49. The van der Waals surface area contributed by atoms with Gasteiger partial charge in [0.05, 0.1) is 6.54 Å². The Bertz CT molecular complexity index is 645. The number of carbonyl (C=O) groups excluding carboxylic acids is 3. The van der Waals surface area contributed by atoms with Gasteiger partial charge < -0.3 is 19.7 Å². The van der Waals surface area contributed by atoms with E-state index >= 15 is 0 Å². The van der Waals surface area contributed by atoms with Gasteiger partial charge in [0.15, 0.2) is 6.29 Å². The standard InChI is InChI=1S/C17H24N4O5/c1-25-17(26-2)12-7-5-11(6-8-12)16(24)21-9-3-4-13(21)15(23)19-10-14(22)20-18/h5-8,13,17H,3-4,9-10,18H2,1-2H3,(H,19,23)(H,20,22)/t13-/m1/s1. The first-order valence-electron chi connectivity index (χ1n) is 8.25. The molecule has 0 saturated carbocycles. The molecule has 0 spiro atoms. The number of rotatable bonds is 7. The van der Waals surface area contributed by atoms with Crippen LogP contribution in [0, 0.1) is 0 Å². The second-order valence-corrected chi connectivity index (χ2v) is 5.87. The molecule has 0 aromatic heterocycles. The van der Waals surface area contributed by atoms with Crippen molar-refractivity contribution in [1.29, 1.82) is 0 Å². The van der Waals surface area contributed by atoms with Gasteiger partial charge in [-0.15, -0.1) is 0 Å². The molecule has 1 aliphatic heterocycles. The Kier molecular flexibility index (Phi) is 7.07. The highest BCUT2D eigenvalue weighted by molar-refractivity contribution is 5.98. The lowest BCUT2D eigenvalue weighted by Crippen LogP contribution is -2.48. The third kappa shape index (κ3) is 4.57. The number of ether oxygens (including phenoxy) is 2. The third-order valence-electron chi connectivity index (χ3n) is 4.26. The quantitative estimate of drug-likeness (QED) is 0.264. The maximum atomic E-state index is 12.8. The summed E-state index contributed by atoms with van der Waals surface area (Å²) in [6.45, 7) is 0.262. The van der Waals surface area contributed by atoms with E-state index in [2.05, 4.69) is 5.32 Å². The molecule has 1 aromatic rings. The maximum Gasteiger partial charge on any atom is 0.254 e. The van der Waals surface area contributed by atoms with Gasteiger partial charge in [0, 0.05) is 31.9 Å². The molecule has 1 heterocycles. The van der Waals surface area contributed by atoms with E-state index in [0.29, 0.717) is 18.5 Å². The Morgan fingerprint density at radius 3 is 2.46 bits per heavy atom. The number of benzene rings is 1. The van der Waals surface area contributed by atoms with Crippen LogP contribution in [0.4, 0.5) is 0 Å². The smallest absolute Gasteiger partial charge is 0.254 e. The van der Waals surface area contributed by atoms with Crippen molar-refractivity contribution in [2.24, 2.45) is 5.84 Å². The normalized spacial score (nSPS) is 16.6. The third-order valence-corrected chi connectivity index (χ3v) is 4.26. The minimum Gasteiger partial charge on any atom is -0.352 e. The zero-order valence-corrected chi connectivity index (χ0v) is 14.9. The van der Waals surface area contributed by atoms with Gasteiger partial charge in [0.1, 0.15) is 6.04 Å². The van der Waals surface area contributed by atoms with Crippen LogP contribution in [0.2, 0.25) is 0 Å². The summed E-state index contributed by atoms with van der Waals surface area (Å²) >= 11 is 0. The first-order valence-corrected chi connectivity index (χ1v) is 8.25. The molecule has 26 heavy (non-hydrogen) atoms. The highest BCUT2D eigenvalue weighted by Crippen LogP contribution is 2.22. The Morgan fingerprint density at radius 2 is 1.88 bits per heavy atom. The van der Waals surface area contributed by atoms with Gasteiger partial charge in [0.2, 0.25) is 5.91 Å². The van der Waals surface area contributed by atoms with Crippen LogP contribution >= 0.6 is 0 Å². The number of nitrogens with zero attached hydrogens (tertiary/aromatic N) is 1. The maximum absolute atomic E-state index is 12.8. The van der Waals surface area contributed by atoms with Gasteiger partial charge in [-0.1, -0.05) is 12.1 Å². The van der Waals surface area contributed by atoms with E-state index in [1.54, 1.807) is 24.3 Å². The lowest BCUT2D eigenvalue weighted by molar-refractivity contribution is -0.128. The van der Waals surface area contributed by atoms with Crippen molar-refractivity contribution in [2.45, 2.75) is 25.2 Å². The number of methoxy groups -OCH3 is 2. The molecule has 0 radical (unpaired) electrons. The summed E-state index contributed by atoms with van der Waals surface area (Å²) in [6.07, 6.45) is 0.772. The molecule has 1 atom stereocenters. The SMILES string of the molecule is COC(OC)c1ccc(C(=O)N2CCC[C@@H]2C(=O)NCC(=O)NN)cc1. The second kappa shape index (κ2) is 9.27. The Labute approximate surface area is 151 Å². The predicted octanol–water partition coefficient (Wildman–Crippen LogP) is -0.311. The molecular weight excluding hydrogens is 340 g/mol. The molecule has 4 N–H and O–H groups in total. The van der Waals surface area contributed by atoms with Crippen LogP contribution in [0.25, 0.3) is 0 Å². The molecule has 142 valence electrons. The fraction of sp³-hybridized carbons (Fsp3) is 0.471. The summed E-state index contributed by atoms with van der Waals surface area (Å²) in [5.74, 6) is 3.88. The van der Waals surface area contributed by atoms with Crippen LogP contribution in [0.5, 0.6) is 0 Å². The summed E-state index contributed by atoms with van der Waals surface area (Å²) in [6, 6.07) is 6.26. The van der Waals surface area contributed by atoms with E-state index in [0.717, 1.165) is 12.0 Å². The number of hydrazine groups is 1. The van der Waals surface area contributed by atoms with Gasteiger partial charge in [-0.3, -0.25) is 19.8 Å². The van der Waals surface area contributed by atoms with E-state index in [9.17, 15) is 14.4 Å². The fourth-order valence-corrected chi connectivity index (χ4v) is 2.94. The van der Waals surface area contributed by atoms with E-state index in [1.165, 1.54) is 19.1 Å². The second-order valence-electron chi connectivity index (χ2n) is 5.87. The topological polar surface area (TPSA) is 123 Å². The van der Waals surface area contributed by atoms with Crippen molar-refractivity contribution < 1.29 is 23.9 Å². The zero-order chi connectivity index (χ0) is 19.1. The minimum absolute atomic E-state index is 0.224. The largest absolute Gasteiger partial charge is 0.352 e. The molecule has 1 aliphatic rings. The first kappa shape index (κ1) is 19.8. The van der Waals surface area contributed by atoms with Crippen LogP contribution in [0.15, 0.2) is 24.3 Å². The molecule has 2 rings (SSSR count). The van der Waals surface area contributed by atoms with Crippen molar-refractivity contribution in [2.75, 3.05) is 27.3 Å². The fourth-order valence-electron chi connectivity index (χ4n) is 2.94. The minimum atomic E-state index is -0.599. The highest BCUT2D eigenvalue weighted by Gasteiger charge is 2.34. The predicted molar refractivity (Wildman–Crippen MR) is 92.6 cm³/mol.